The number of aliphatic hydroxyl groups excluding tert-OH is 1. The standard InChI is InChI=1S/C5H13NO2.2CH4/c1-5(6(2)3)8-4-7;;/h5,7H,4H2,1-3H3;2*1H4. The largest absolute Gasteiger partial charge is 0.371 e. The first-order chi connectivity index (χ1) is 3.68. The smallest absolute Gasteiger partial charge is 0.145 e. The summed E-state index contributed by atoms with van der Waals surface area (Å²) in [6, 6.07) is 0. The summed E-state index contributed by atoms with van der Waals surface area (Å²) in [5.74, 6) is 0. The molecule has 66 valence electrons. The number of hydrogen-bond acceptors (Lipinski definition) is 3. The van der Waals surface area contributed by atoms with Crippen LogP contribution in [0, 0.1) is 0 Å². The highest BCUT2D eigenvalue weighted by molar-refractivity contribution is 4.40. The Morgan fingerprint density at radius 3 is 1.90 bits per heavy atom. The molecule has 0 heterocycles. The molecule has 0 spiro atoms. The van der Waals surface area contributed by atoms with E-state index >= 15 is 0 Å². The minimum Gasteiger partial charge on any atom is -0.371 e. The topological polar surface area (TPSA) is 32.7 Å². The predicted molar refractivity (Wildman–Crippen MR) is 44.8 cm³/mol. The summed E-state index contributed by atoms with van der Waals surface area (Å²) in [5, 5.41) is 8.24. The van der Waals surface area contributed by atoms with Crippen molar-refractivity contribution in [2.45, 2.75) is 28.0 Å². The van der Waals surface area contributed by atoms with Crippen molar-refractivity contribution >= 4 is 0 Å². The van der Waals surface area contributed by atoms with E-state index < -0.39 is 0 Å². The Morgan fingerprint density at radius 2 is 1.80 bits per heavy atom. The van der Waals surface area contributed by atoms with Crippen molar-refractivity contribution in [3.05, 3.63) is 0 Å². The Labute approximate surface area is 64.6 Å². The van der Waals surface area contributed by atoms with Crippen LogP contribution in [0.2, 0.25) is 0 Å². The zero-order valence-corrected chi connectivity index (χ0v) is 5.59. The van der Waals surface area contributed by atoms with Gasteiger partial charge in [0, 0.05) is 0 Å². The Hall–Kier alpha value is -0.120. The summed E-state index contributed by atoms with van der Waals surface area (Å²) in [6.07, 6.45) is -0.000000000000000444. The SMILES string of the molecule is C.C.CC(OCO)N(C)C. The monoisotopic (exact) mass is 151 g/mol. The molecule has 0 fully saturated rings. The molecule has 0 aliphatic carbocycles. The van der Waals surface area contributed by atoms with Crippen molar-refractivity contribution in [2.24, 2.45) is 0 Å². The molecule has 0 saturated heterocycles. The lowest BCUT2D eigenvalue weighted by Gasteiger charge is -2.17. The van der Waals surface area contributed by atoms with E-state index in [0.717, 1.165) is 0 Å². The summed E-state index contributed by atoms with van der Waals surface area (Å²) >= 11 is 0. The highest BCUT2D eigenvalue weighted by Crippen LogP contribution is 1.90. The van der Waals surface area contributed by atoms with E-state index in [1.165, 1.54) is 0 Å². The number of nitrogens with zero attached hydrogens (tertiary/aromatic N) is 1. The van der Waals surface area contributed by atoms with Crippen LogP contribution in [0.25, 0.3) is 0 Å². The lowest BCUT2D eigenvalue weighted by atomic mass is 10.6. The molecule has 0 radical (unpaired) electrons. The van der Waals surface area contributed by atoms with Crippen LogP contribution in [-0.2, 0) is 4.74 Å². The van der Waals surface area contributed by atoms with Gasteiger partial charge in [0.05, 0.1) is 0 Å². The molecule has 10 heavy (non-hydrogen) atoms. The van der Waals surface area contributed by atoms with Crippen molar-refractivity contribution < 1.29 is 9.84 Å². The van der Waals surface area contributed by atoms with Crippen LogP contribution in [0.3, 0.4) is 0 Å². The van der Waals surface area contributed by atoms with Gasteiger partial charge in [0.2, 0.25) is 0 Å². The van der Waals surface area contributed by atoms with Crippen molar-refractivity contribution in [3.8, 4) is 0 Å². The molecule has 1 atom stereocenters. The van der Waals surface area contributed by atoms with Crippen LogP contribution in [0.4, 0.5) is 0 Å². The summed E-state index contributed by atoms with van der Waals surface area (Å²) in [6.45, 7) is 1.66. The van der Waals surface area contributed by atoms with Gasteiger partial charge in [0.25, 0.3) is 0 Å². The van der Waals surface area contributed by atoms with Crippen LogP contribution in [-0.4, -0.2) is 37.1 Å². The van der Waals surface area contributed by atoms with Crippen molar-refractivity contribution in [3.63, 3.8) is 0 Å². The van der Waals surface area contributed by atoms with E-state index in [2.05, 4.69) is 0 Å². The fraction of sp³-hybridized carbons (Fsp3) is 1.00. The van der Waals surface area contributed by atoms with Crippen LogP contribution in [0.1, 0.15) is 21.8 Å². The molecule has 0 rings (SSSR count). The van der Waals surface area contributed by atoms with E-state index in [4.69, 9.17) is 9.84 Å². The average molecular weight is 151 g/mol. The Balaban J connectivity index is -0.000000245. The lowest BCUT2D eigenvalue weighted by molar-refractivity contribution is -0.0948. The fourth-order valence-electron chi connectivity index (χ4n) is 0.257. The second kappa shape index (κ2) is 8.88. The van der Waals surface area contributed by atoms with Crippen molar-refractivity contribution in [1.29, 1.82) is 0 Å². The van der Waals surface area contributed by atoms with Crippen molar-refractivity contribution in [2.75, 3.05) is 20.9 Å². The number of rotatable bonds is 3. The average Bonchev–Trinajstić information content (AvgIpc) is 1.67. The number of aliphatic hydroxyl groups is 1. The minimum atomic E-state index is -0.209. The van der Waals surface area contributed by atoms with Gasteiger partial charge >= 0.3 is 0 Å². The molecule has 1 unspecified atom stereocenters. The molecule has 0 aliphatic heterocycles. The van der Waals surface area contributed by atoms with Crippen LogP contribution in [0.15, 0.2) is 0 Å². The molecule has 0 aromatic carbocycles. The predicted octanol–water partition coefficient (Wildman–Crippen LogP) is 1.13. The third-order valence-electron chi connectivity index (χ3n) is 1.04. The first kappa shape index (κ1) is 16.5. The van der Waals surface area contributed by atoms with E-state index in [1.54, 1.807) is 0 Å². The number of ether oxygens (including phenoxy) is 1. The molecule has 3 heteroatoms. The lowest BCUT2D eigenvalue weighted by Crippen LogP contribution is -2.27. The Kier molecular flexibility index (Phi) is 14.6. The normalized spacial score (nSPS) is 11.7. The molecular weight excluding hydrogens is 130 g/mol. The van der Waals surface area contributed by atoms with Crippen LogP contribution >= 0.6 is 0 Å². The molecular formula is C7H21NO2. The molecule has 0 aromatic rings. The molecule has 0 aliphatic rings. The summed E-state index contributed by atoms with van der Waals surface area (Å²) < 4.78 is 4.78. The molecule has 3 nitrogen and oxygen atoms in total. The highest BCUT2D eigenvalue weighted by Gasteiger charge is 2.00. The number of hydrogen-bond donors (Lipinski definition) is 1. The second-order valence-corrected chi connectivity index (χ2v) is 1.86. The minimum absolute atomic E-state index is 0. The molecule has 0 bridgehead atoms. The van der Waals surface area contributed by atoms with E-state index in [1.807, 2.05) is 25.9 Å². The highest BCUT2D eigenvalue weighted by atomic mass is 16.6. The quantitative estimate of drug-likeness (QED) is 0.614. The van der Waals surface area contributed by atoms with Gasteiger partial charge in [-0.05, 0) is 21.0 Å². The maximum absolute atomic E-state index is 8.24. The fourth-order valence-corrected chi connectivity index (χ4v) is 0.257. The maximum Gasteiger partial charge on any atom is 0.145 e. The maximum atomic E-state index is 8.24. The van der Waals surface area contributed by atoms with Gasteiger partial charge in [-0.2, -0.15) is 0 Å². The van der Waals surface area contributed by atoms with Gasteiger partial charge in [-0.1, -0.05) is 14.9 Å². The van der Waals surface area contributed by atoms with Crippen molar-refractivity contribution in [1.82, 2.24) is 4.90 Å². The third kappa shape index (κ3) is 7.88. The summed E-state index contributed by atoms with van der Waals surface area (Å²) in [7, 11) is 3.78. The van der Waals surface area contributed by atoms with Gasteiger partial charge in [-0.25, -0.2) is 0 Å². The van der Waals surface area contributed by atoms with E-state index in [-0.39, 0.29) is 27.9 Å². The van der Waals surface area contributed by atoms with E-state index in [0.29, 0.717) is 0 Å². The Bertz CT molecular complexity index is 57.6. The van der Waals surface area contributed by atoms with Crippen LogP contribution < -0.4 is 0 Å². The van der Waals surface area contributed by atoms with Gasteiger partial charge in [0.15, 0.2) is 0 Å². The van der Waals surface area contributed by atoms with E-state index in [9.17, 15) is 0 Å². The summed E-state index contributed by atoms with van der Waals surface area (Å²) in [4.78, 5) is 1.87. The molecule has 0 aromatic heterocycles. The van der Waals surface area contributed by atoms with Gasteiger partial charge in [0.1, 0.15) is 13.0 Å². The summed E-state index contributed by atoms with van der Waals surface area (Å²) in [5.41, 5.74) is 0. The molecule has 1 N–H and O–H groups in total. The first-order valence-corrected chi connectivity index (χ1v) is 2.57. The van der Waals surface area contributed by atoms with Gasteiger partial charge < -0.3 is 9.84 Å². The first-order valence-electron chi connectivity index (χ1n) is 2.57. The molecule has 0 saturated carbocycles. The second-order valence-electron chi connectivity index (χ2n) is 1.86. The van der Waals surface area contributed by atoms with Gasteiger partial charge in [-0.15, -0.1) is 0 Å². The Morgan fingerprint density at radius 1 is 1.40 bits per heavy atom. The molecule has 0 amide bonds. The zero-order valence-electron chi connectivity index (χ0n) is 5.59. The third-order valence-corrected chi connectivity index (χ3v) is 1.04. The zero-order chi connectivity index (χ0) is 6.57. The van der Waals surface area contributed by atoms with Crippen LogP contribution in [0.5, 0.6) is 0 Å². The van der Waals surface area contributed by atoms with Gasteiger partial charge in [-0.3, -0.25) is 4.90 Å².